The first-order valence-corrected chi connectivity index (χ1v) is 13.6. The molecular formula is C28H35NO4S. The number of fused-ring (bicyclic) bond motifs is 5. The minimum absolute atomic E-state index is 0.00615. The Morgan fingerprint density at radius 2 is 2.09 bits per heavy atom. The van der Waals surface area contributed by atoms with E-state index in [4.69, 9.17) is 0 Å². The molecule has 6 heteroatoms. The Labute approximate surface area is 206 Å². The van der Waals surface area contributed by atoms with Crippen LogP contribution in [-0.4, -0.2) is 44.2 Å². The molecule has 1 aromatic rings. The summed E-state index contributed by atoms with van der Waals surface area (Å²) < 4.78 is 0. The first-order chi connectivity index (χ1) is 16.1. The lowest BCUT2D eigenvalue weighted by Crippen LogP contribution is -2.62. The second-order valence-electron chi connectivity index (χ2n) is 11.4. The van der Waals surface area contributed by atoms with Gasteiger partial charge < -0.3 is 10.2 Å². The highest BCUT2D eigenvalue weighted by Gasteiger charge is 2.68. The van der Waals surface area contributed by atoms with Gasteiger partial charge in [-0.1, -0.05) is 38.5 Å². The van der Waals surface area contributed by atoms with Crippen molar-refractivity contribution in [1.82, 2.24) is 4.98 Å². The fourth-order valence-corrected chi connectivity index (χ4v) is 8.97. The number of pyridine rings is 1. The van der Waals surface area contributed by atoms with Crippen molar-refractivity contribution in [1.29, 1.82) is 0 Å². The van der Waals surface area contributed by atoms with Gasteiger partial charge in [0, 0.05) is 28.7 Å². The molecule has 5 nitrogen and oxygen atoms in total. The van der Waals surface area contributed by atoms with Gasteiger partial charge in [-0.3, -0.25) is 14.6 Å². The number of aromatic nitrogens is 1. The predicted molar refractivity (Wildman–Crippen MR) is 133 cm³/mol. The molecule has 3 fully saturated rings. The molecule has 0 spiro atoms. The number of Topliss-reactive ketones (excluding diaryl/α,β-unsaturated/α-hetero) is 1. The van der Waals surface area contributed by atoms with Crippen molar-refractivity contribution in [3.05, 3.63) is 53.9 Å². The predicted octanol–water partition coefficient (Wildman–Crippen LogP) is 4.14. The maximum absolute atomic E-state index is 13.4. The number of allylic oxidation sites excluding steroid dienone is 4. The summed E-state index contributed by atoms with van der Waals surface area (Å²) in [5.74, 6) is 1.37. The van der Waals surface area contributed by atoms with Crippen LogP contribution in [0.3, 0.4) is 0 Å². The van der Waals surface area contributed by atoms with Crippen LogP contribution in [0.5, 0.6) is 0 Å². The normalized spacial score (nSPS) is 43.0. The Kier molecular flexibility index (Phi) is 5.93. The topological polar surface area (TPSA) is 87.5 Å². The third kappa shape index (κ3) is 3.48. The largest absolute Gasteiger partial charge is 0.393 e. The van der Waals surface area contributed by atoms with Crippen LogP contribution in [0.15, 0.2) is 48.2 Å². The monoisotopic (exact) mass is 481 g/mol. The minimum Gasteiger partial charge on any atom is -0.393 e. The number of nitrogens with zero attached hydrogens (tertiary/aromatic N) is 1. The van der Waals surface area contributed by atoms with Crippen molar-refractivity contribution < 1.29 is 19.8 Å². The molecular weight excluding hydrogens is 446 g/mol. The summed E-state index contributed by atoms with van der Waals surface area (Å²) in [6, 6.07) is 5.75. The Hall–Kier alpha value is -1.76. The van der Waals surface area contributed by atoms with Crippen molar-refractivity contribution in [2.24, 2.45) is 34.5 Å². The smallest absolute Gasteiger partial charge is 0.178 e. The third-order valence-electron chi connectivity index (χ3n) is 9.64. The van der Waals surface area contributed by atoms with Crippen LogP contribution in [0.1, 0.15) is 52.1 Å². The van der Waals surface area contributed by atoms with E-state index >= 15 is 0 Å². The number of hydrogen-bond donors (Lipinski definition) is 2. The summed E-state index contributed by atoms with van der Waals surface area (Å²) in [6.45, 7) is 6.36. The van der Waals surface area contributed by atoms with Crippen molar-refractivity contribution >= 4 is 23.3 Å². The van der Waals surface area contributed by atoms with Gasteiger partial charge in [0.1, 0.15) is 5.60 Å². The van der Waals surface area contributed by atoms with E-state index in [1.165, 1.54) is 11.8 Å². The van der Waals surface area contributed by atoms with Gasteiger partial charge >= 0.3 is 0 Å². The minimum atomic E-state index is -1.42. The van der Waals surface area contributed by atoms with Crippen molar-refractivity contribution in [3.63, 3.8) is 0 Å². The van der Waals surface area contributed by atoms with Gasteiger partial charge in [-0.05, 0) is 67.7 Å². The van der Waals surface area contributed by atoms with Crippen molar-refractivity contribution in [2.45, 2.75) is 63.9 Å². The van der Waals surface area contributed by atoms with Crippen LogP contribution in [0.25, 0.3) is 0 Å². The quantitative estimate of drug-likeness (QED) is 0.657. The van der Waals surface area contributed by atoms with Crippen LogP contribution >= 0.6 is 11.8 Å². The maximum atomic E-state index is 13.4. The van der Waals surface area contributed by atoms with Crippen molar-refractivity contribution in [2.75, 3.05) is 5.75 Å². The molecule has 4 aliphatic carbocycles. The zero-order valence-corrected chi connectivity index (χ0v) is 21.1. The summed E-state index contributed by atoms with van der Waals surface area (Å²) in [4.78, 5) is 29.9. The molecule has 2 N–H and O–H groups in total. The molecule has 3 saturated carbocycles. The molecule has 34 heavy (non-hydrogen) atoms. The maximum Gasteiger partial charge on any atom is 0.178 e. The summed E-state index contributed by atoms with van der Waals surface area (Å²) >= 11 is 1.49. The second kappa shape index (κ2) is 8.42. The molecule has 5 rings (SSSR count). The Morgan fingerprint density at radius 1 is 1.29 bits per heavy atom. The van der Waals surface area contributed by atoms with E-state index in [1.807, 2.05) is 31.2 Å². The number of hydrogen-bond acceptors (Lipinski definition) is 6. The Bertz CT molecular complexity index is 1050. The highest BCUT2D eigenvalue weighted by Crippen LogP contribution is 2.67. The fraction of sp³-hybridized carbons (Fsp3) is 0.607. The van der Waals surface area contributed by atoms with Crippen LogP contribution in [-0.2, 0) is 15.3 Å². The summed E-state index contributed by atoms with van der Waals surface area (Å²) in [7, 11) is 0. The average Bonchev–Trinajstić information content (AvgIpc) is 3.07. The third-order valence-corrected chi connectivity index (χ3v) is 10.6. The number of carbonyl (C=O) groups excluding carboxylic acids is 2. The molecule has 1 heterocycles. The molecule has 0 aliphatic heterocycles. The van der Waals surface area contributed by atoms with Crippen LogP contribution < -0.4 is 0 Å². The molecule has 0 aromatic carbocycles. The first-order valence-electron chi connectivity index (χ1n) is 12.5. The van der Waals surface area contributed by atoms with E-state index < -0.39 is 17.1 Å². The number of rotatable bonds is 5. The van der Waals surface area contributed by atoms with E-state index in [1.54, 1.807) is 18.3 Å². The number of aliphatic hydroxyl groups is 2. The summed E-state index contributed by atoms with van der Waals surface area (Å²) in [5, 5.41) is 23.4. The number of ketones is 2. The lowest BCUT2D eigenvalue weighted by molar-refractivity contribution is -0.176. The zero-order valence-electron chi connectivity index (χ0n) is 20.2. The molecule has 0 saturated heterocycles. The molecule has 5 unspecified atom stereocenters. The standard InChI is InChI=1S/C28H35NO4S/c1-17-12-20-21-8-10-28(33,24(32)16-34-15-18-6-4-5-11-29-18)27(21,3)14-23(31)25(20)26(2)9-7-19(30)13-22(17)26/h4-7,9,11,13,17,20-21,23,25,31,33H,8,10,12,14-16H2,1-3H3/t17-,20?,21?,23-,25?,26?,27?,28-/m0/s1. The first kappa shape index (κ1) is 24.0. The van der Waals surface area contributed by atoms with Crippen molar-refractivity contribution in [3.8, 4) is 0 Å². The highest BCUT2D eigenvalue weighted by atomic mass is 32.2. The molecule has 0 amide bonds. The van der Waals surface area contributed by atoms with Gasteiger partial charge in [0.2, 0.25) is 0 Å². The van der Waals surface area contributed by atoms with Gasteiger partial charge in [0.05, 0.1) is 17.6 Å². The average molecular weight is 482 g/mol. The number of carbonyl (C=O) groups is 2. The lowest BCUT2D eigenvalue weighted by atomic mass is 9.45. The van der Waals surface area contributed by atoms with Crippen LogP contribution in [0, 0.1) is 34.5 Å². The molecule has 0 radical (unpaired) electrons. The summed E-state index contributed by atoms with van der Waals surface area (Å²) in [5.41, 5.74) is -0.383. The van der Waals surface area contributed by atoms with Crippen LogP contribution in [0.4, 0.5) is 0 Å². The molecule has 4 aliphatic rings. The summed E-state index contributed by atoms with van der Waals surface area (Å²) in [6.07, 6.45) is 9.07. The molecule has 182 valence electrons. The SMILES string of the molecule is C[C@H]1CC2C([C@@H](O)CC3(C)C2CC[C@]3(O)C(=O)CSCc2ccccn2)C2(C)C=CC(=O)C=C12. The van der Waals surface area contributed by atoms with E-state index in [9.17, 15) is 19.8 Å². The zero-order chi connectivity index (χ0) is 24.3. The molecule has 0 bridgehead atoms. The van der Waals surface area contributed by atoms with Gasteiger partial charge in [-0.2, -0.15) is 0 Å². The fourth-order valence-electron chi connectivity index (χ4n) is 8.06. The lowest BCUT2D eigenvalue weighted by Gasteiger charge is -2.60. The Balaban J connectivity index is 1.38. The van der Waals surface area contributed by atoms with Gasteiger partial charge in [-0.15, -0.1) is 11.8 Å². The number of aliphatic hydroxyl groups excluding tert-OH is 1. The highest BCUT2D eigenvalue weighted by molar-refractivity contribution is 7.99. The van der Waals surface area contributed by atoms with E-state index in [-0.39, 0.29) is 46.4 Å². The van der Waals surface area contributed by atoms with E-state index in [2.05, 4.69) is 18.8 Å². The Morgan fingerprint density at radius 3 is 2.82 bits per heavy atom. The van der Waals surface area contributed by atoms with E-state index in [0.717, 1.165) is 24.1 Å². The van der Waals surface area contributed by atoms with Gasteiger partial charge in [0.15, 0.2) is 11.6 Å². The molecule has 8 atom stereocenters. The second-order valence-corrected chi connectivity index (χ2v) is 12.4. The van der Waals surface area contributed by atoms with E-state index in [0.29, 0.717) is 18.6 Å². The van der Waals surface area contributed by atoms with Gasteiger partial charge in [-0.25, -0.2) is 0 Å². The molecule has 1 aromatic heterocycles. The van der Waals surface area contributed by atoms with Crippen LogP contribution in [0.2, 0.25) is 0 Å². The van der Waals surface area contributed by atoms with Gasteiger partial charge in [0.25, 0.3) is 0 Å². The number of thioether (sulfide) groups is 1.